The van der Waals surface area contributed by atoms with Gasteiger partial charge in [-0.1, -0.05) is 5.16 Å². The van der Waals surface area contributed by atoms with Crippen LogP contribution in [-0.2, 0) is 19.4 Å². The van der Waals surface area contributed by atoms with Crippen LogP contribution >= 0.6 is 0 Å². The lowest BCUT2D eigenvalue weighted by Gasteiger charge is -2.23. The topological polar surface area (TPSA) is 83.4 Å². The first kappa shape index (κ1) is 13.9. The summed E-state index contributed by atoms with van der Waals surface area (Å²) >= 11 is 0. The third-order valence-corrected chi connectivity index (χ3v) is 3.87. The van der Waals surface area contributed by atoms with Gasteiger partial charge in [0.05, 0.1) is 26.3 Å². The largest absolute Gasteiger partial charge is 0.496 e. The van der Waals surface area contributed by atoms with E-state index in [1.54, 1.807) is 14.2 Å². The van der Waals surface area contributed by atoms with Crippen molar-refractivity contribution >= 4 is 0 Å². The van der Waals surface area contributed by atoms with Gasteiger partial charge >= 0.3 is 0 Å². The van der Waals surface area contributed by atoms with Crippen LogP contribution in [0.5, 0.6) is 11.5 Å². The molecule has 0 saturated heterocycles. The molecule has 0 radical (unpaired) electrons. The van der Waals surface area contributed by atoms with E-state index in [9.17, 15) is 0 Å². The van der Waals surface area contributed by atoms with Crippen LogP contribution in [0.3, 0.4) is 0 Å². The summed E-state index contributed by atoms with van der Waals surface area (Å²) in [7, 11) is 3.35. The molecule has 1 aromatic carbocycles. The van der Waals surface area contributed by atoms with Crippen LogP contribution in [-0.4, -0.2) is 24.4 Å². The molecule has 0 bridgehead atoms. The normalized spacial score (nSPS) is 13.9. The Balaban J connectivity index is 2.19. The van der Waals surface area contributed by atoms with Crippen molar-refractivity contribution in [1.82, 2.24) is 10.1 Å². The lowest BCUT2D eigenvalue weighted by molar-refractivity contribution is 0.378. The first-order valence-electron chi connectivity index (χ1n) is 7.08. The highest BCUT2D eigenvalue weighted by molar-refractivity contribution is 5.71. The van der Waals surface area contributed by atoms with E-state index in [0.29, 0.717) is 11.7 Å². The Morgan fingerprint density at radius 1 is 1.19 bits per heavy atom. The van der Waals surface area contributed by atoms with Crippen LogP contribution in [0.15, 0.2) is 10.6 Å². The summed E-state index contributed by atoms with van der Waals surface area (Å²) < 4.78 is 16.3. The summed E-state index contributed by atoms with van der Waals surface area (Å²) in [6.07, 6.45) is 4.31. The predicted octanol–water partition coefficient (Wildman–Crippen LogP) is 2.09. The minimum atomic E-state index is 0.220. The van der Waals surface area contributed by atoms with E-state index in [-0.39, 0.29) is 6.54 Å². The standard InChI is InChI=1S/C15H19N3O3/c1-19-12-7-11(15-17-13(8-16)21-18-15)14(20-2)10-6-4-3-5-9(10)12/h7H,3-6,8,16H2,1-2H3. The van der Waals surface area contributed by atoms with Gasteiger partial charge in [-0.15, -0.1) is 0 Å². The maximum absolute atomic E-state index is 5.63. The van der Waals surface area contributed by atoms with Crippen molar-refractivity contribution in [3.8, 4) is 22.9 Å². The van der Waals surface area contributed by atoms with E-state index in [1.165, 1.54) is 17.5 Å². The maximum atomic E-state index is 5.63. The number of ether oxygens (including phenoxy) is 2. The van der Waals surface area contributed by atoms with Crippen LogP contribution in [0.4, 0.5) is 0 Å². The quantitative estimate of drug-likeness (QED) is 0.928. The molecule has 1 aliphatic rings. The molecule has 0 fully saturated rings. The number of fused-ring (bicyclic) bond motifs is 1. The number of nitrogens with zero attached hydrogens (tertiary/aromatic N) is 2. The molecule has 0 aliphatic heterocycles. The van der Waals surface area contributed by atoms with E-state index >= 15 is 0 Å². The molecular formula is C15H19N3O3. The van der Waals surface area contributed by atoms with E-state index < -0.39 is 0 Å². The van der Waals surface area contributed by atoms with E-state index in [2.05, 4.69) is 10.1 Å². The first-order valence-corrected chi connectivity index (χ1v) is 7.08. The van der Waals surface area contributed by atoms with E-state index in [4.69, 9.17) is 19.7 Å². The van der Waals surface area contributed by atoms with Gasteiger partial charge in [0.25, 0.3) is 0 Å². The van der Waals surface area contributed by atoms with Gasteiger partial charge in [-0.05, 0) is 31.7 Å². The summed E-state index contributed by atoms with van der Waals surface area (Å²) in [4.78, 5) is 4.29. The lowest BCUT2D eigenvalue weighted by Crippen LogP contribution is -2.08. The molecule has 0 spiro atoms. The molecule has 0 atom stereocenters. The molecule has 0 unspecified atom stereocenters. The molecule has 1 aliphatic carbocycles. The SMILES string of the molecule is COc1cc(-c2noc(CN)n2)c(OC)c2c1CCCC2. The number of hydrogen-bond acceptors (Lipinski definition) is 6. The second-order valence-corrected chi connectivity index (χ2v) is 5.04. The number of nitrogens with two attached hydrogens (primary N) is 1. The molecule has 112 valence electrons. The Morgan fingerprint density at radius 2 is 1.95 bits per heavy atom. The fourth-order valence-electron chi connectivity index (χ4n) is 2.90. The third kappa shape index (κ3) is 2.35. The van der Waals surface area contributed by atoms with Crippen LogP contribution < -0.4 is 15.2 Å². The number of benzene rings is 1. The zero-order valence-corrected chi connectivity index (χ0v) is 12.3. The highest BCUT2D eigenvalue weighted by Gasteiger charge is 2.24. The summed E-state index contributed by atoms with van der Waals surface area (Å²) in [5.41, 5.74) is 8.74. The Labute approximate surface area is 123 Å². The van der Waals surface area contributed by atoms with Crippen LogP contribution in [0.2, 0.25) is 0 Å². The van der Waals surface area contributed by atoms with Gasteiger partial charge in [0.1, 0.15) is 11.5 Å². The Kier molecular flexibility index (Phi) is 3.79. The van der Waals surface area contributed by atoms with Crippen molar-refractivity contribution in [2.45, 2.75) is 32.2 Å². The third-order valence-electron chi connectivity index (χ3n) is 3.87. The molecule has 2 aromatic rings. The molecule has 1 heterocycles. The van der Waals surface area contributed by atoms with Gasteiger partial charge in [-0.3, -0.25) is 0 Å². The van der Waals surface area contributed by atoms with Gasteiger partial charge in [0.2, 0.25) is 11.7 Å². The van der Waals surface area contributed by atoms with Gasteiger partial charge in [0, 0.05) is 11.1 Å². The van der Waals surface area contributed by atoms with Crippen LogP contribution in [0.25, 0.3) is 11.4 Å². The van der Waals surface area contributed by atoms with E-state index in [0.717, 1.165) is 36.3 Å². The highest BCUT2D eigenvalue weighted by Crippen LogP contribution is 2.42. The number of aromatic nitrogens is 2. The molecule has 6 nitrogen and oxygen atoms in total. The molecule has 2 N–H and O–H groups in total. The zero-order chi connectivity index (χ0) is 14.8. The molecule has 3 rings (SSSR count). The van der Waals surface area contributed by atoms with Crippen molar-refractivity contribution in [3.63, 3.8) is 0 Å². The molecular weight excluding hydrogens is 270 g/mol. The van der Waals surface area contributed by atoms with Crippen molar-refractivity contribution in [2.24, 2.45) is 5.73 Å². The van der Waals surface area contributed by atoms with Crippen molar-refractivity contribution in [3.05, 3.63) is 23.1 Å². The minimum Gasteiger partial charge on any atom is -0.496 e. The fraction of sp³-hybridized carbons (Fsp3) is 0.467. The maximum Gasteiger partial charge on any atom is 0.240 e. The van der Waals surface area contributed by atoms with Gasteiger partial charge in [-0.2, -0.15) is 4.98 Å². The smallest absolute Gasteiger partial charge is 0.240 e. The summed E-state index contributed by atoms with van der Waals surface area (Å²) in [6.45, 7) is 0.220. The Bertz CT molecular complexity index is 652. The van der Waals surface area contributed by atoms with Gasteiger partial charge < -0.3 is 19.7 Å². The van der Waals surface area contributed by atoms with Gasteiger partial charge in [-0.25, -0.2) is 0 Å². The summed E-state index contributed by atoms with van der Waals surface area (Å²) in [5.74, 6) is 2.57. The molecule has 6 heteroatoms. The highest BCUT2D eigenvalue weighted by atomic mass is 16.5. The van der Waals surface area contributed by atoms with Crippen LogP contribution in [0, 0.1) is 0 Å². The average Bonchev–Trinajstić information content (AvgIpc) is 3.02. The summed E-state index contributed by atoms with van der Waals surface area (Å²) in [5, 5.41) is 3.99. The molecule has 0 amide bonds. The number of rotatable bonds is 4. The average molecular weight is 289 g/mol. The fourth-order valence-corrected chi connectivity index (χ4v) is 2.90. The summed E-state index contributed by atoms with van der Waals surface area (Å²) in [6, 6.07) is 1.92. The van der Waals surface area contributed by atoms with Crippen molar-refractivity contribution in [2.75, 3.05) is 14.2 Å². The van der Waals surface area contributed by atoms with E-state index in [1.807, 2.05) is 6.07 Å². The zero-order valence-electron chi connectivity index (χ0n) is 12.3. The van der Waals surface area contributed by atoms with Crippen LogP contribution in [0.1, 0.15) is 29.9 Å². The predicted molar refractivity (Wildman–Crippen MR) is 77.4 cm³/mol. The lowest BCUT2D eigenvalue weighted by atomic mass is 9.88. The molecule has 21 heavy (non-hydrogen) atoms. The van der Waals surface area contributed by atoms with Gasteiger partial charge in [0.15, 0.2) is 0 Å². The second-order valence-electron chi connectivity index (χ2n) is 5.04. The Morgan fingerprint density at radius 3 is 2.57 bits per heavy atom. The molecule has 0 saturated carbocycles. The first-order chi connectivity index (χ1) is 10.3. The molecule has 1 aromatic heterocycles. The van der Waals surface area contributed by atoms with Crippen molar-refractivity contribution < 1.29 is 14.0 Å². The second kappa shape index (κ2) is 5.73. The number of methoxy groups -OCH3 is 2. The Hall–Kier alpha value is -2.08. The number of hydrogen-bond donors (Lipinski definition) is 1. The minimum absolute atomic E-state index is 0.220. The van der Waals surface area contributed by atoms with Crippen molar-refractivity contribution in [1.29, 1.82) is 0 Å². The monoisotopic (exact) mass is 289 g/mol.